The average molecular weight is 358 g/mol. The third kappa shape index (κ3) is 4.21. The number of anilines is 1. The molecule has 0 fully saturated rings. The Hall–Kier alpha value is -3.29. The minimum Gasteiger partial charge on any atom is -0.334 e. The number of halogens is 2. The number of amides is 2. The molecule has 0 saturated carbocycles. The van der Waals surface area contributed by atoms with E-state index in [0.29, 0.717) is 30.7 Å². The molecule has 2 aromatic carbocycles. The van der Waals surface area contributed by atoms with E-state index in [4.69, 9.17) is 4.52 Å². The molecule has 2 amide bonds. The lowest BCUT2D eigenvalue weighted by atomic mass is 10.2. The van der Waals surface area contributed by atoms with Crippen LogP contribution >= 0.6 is 0 Å². The number of aromatic nitrogens is 2. The molecule has 3 rings (SSSR count). The van der Waals surface area contributed by atoms with Crippen LogP contribution in [0.2, 0.25) is 0 Å². The lowest BCUT2D eigenvalue weighted by Gasteiger charge is -2.17. The summed E-state index contributed by atoms with van der Waals surface area (Å²) in [6, 6.07) is 11.8. The number of urea groups is 1. The standard InChI is InChI=1S/C18H16F2N4O2/c1-24(18(25)21-15-8-7-13(19)11-14(15)20)10-9-16-22-17(26-23-16)12-5-3-2-4-6-12/h2-8,11H,9-10H2,1H3,(H,21,25). The summed E-state index contributed by atoms with van der Waals surface area (Å²) in [4.78, 5) is 17.7. The fourth-order valence-corrected chi connectivity index (χ4v) is 2.22. The monoisotopic (exact) mass is 358 g/mol. The smallest absolute Gasteiger partial charge is 0.321 e. The first-order chi connectivity index (χ1) is 12.5. The molecule has 0 atom stereocenters. The van der Waals surface area contributed by atoms with Gasteiger partial charge in [0.2, 0.25) is 0 Å². The van der Waals surface area contributed by atoms with E-state index in [1.54, 1.807) is 7.05 Å². The SMILES string of the molecule is CN(CCc1noc(-c2ccccc2)n1)C(=O)Nc1ccc(F)cc1F. The van der Waals surface area contributed by atoms with Crippen molar-refractivity contribution in [1.82, 2.24) is 15.0 Å². The summed E-state index contributed by atoms with van der Waals surface area (Å²) in [6.45, 7) is 0.294. The molecule has 8 heteroatoms. The van der Waals surface area contributed by atoms with Gasteiger partial charge in [0, 0.05) is 31.6 Å². The summed E-state index contributed by atoms with van der Waals surface area (Å²) in [7, 11) is 1.55. The molecule has 134 valence electrons. The largest absolute Gasteiger partial charge is 0.334 e. The molecule has 0 radical (unpaired) electrons. The predicted octanol–water partition coefficient (Wildman–Crippen LogP) is 3.72. The molecular weight excluding hydrogens is 342 g/mol. The molecule has 0 unspecified atom stereocenters. The third-order valence-electron chi connectivity index (χ3n) is 3.68. The van der Waals surface area contributed by atoms with Crippen LogP contribution in [0.3, 0.4) is 0 Å². The van der Waals surface area contributed by atoms with Crippen molar-refractivity contribution in [2.45, 2.75) is 6.42 Å². The van der Waals surface area contributed by atoms with Gasteiger partial charge in [0.05, 0.1) is 5.69 Å². The number of hydrogen-bond donors (Lipinski definition) is 1. The van der Waals surface area contributed by atoms with Crippen LogP contribution in [0.25, 0.3) is 11.5 Å². The highest BCUT2D eigenvalue weighted by molar-refractivity contribution is 5.89. The number of carbonyl (C=O) groups excluding carboxylic acids is 1. The first kappa shape index (κ1) is 17.5. The third-order valence-corrected chi connectivity index (χ3v) is 3.68. The van der Waals surface area contributed by atoms with E-state index in [1.807, 2.05) is 30.3 Å². The van der Waals surface area contributed by atoms with E-state index in [9.17, 15) is 13.6 Å². The van der Waals surface area contributed by atoms with Crippen molar-refractivity contribution < 1.29 is 18.1 Å². The van der Waals surface area contributed by atoms with Gasteiger partial charge < -0.3 is 14.7 Å². The van der Waals surface area contributed by atoms with Gasteiger partial charge in [0.1, 0.15) is 11.6 Å². The van der Waals surface area contributed by atoms with Crippen LogP contribution in [0.4, 0.5) is 19.3 Å². The van der Waals surface area contributed by atoms with Crippen LogP contribution in [0.5, 0.6) is 0 Å². The van der Waals surface area contributed by atoms with E-state index in [1.165, 1.54) is 11.0 Å². The predicted molar refractivity (Wildman–Crippen MR) is 91.4 cm³/mol. The zero-order valence-corrected chi connectivity index (χ0v) is 13.9. The van der Waals surface area contributed by atoms with Crippen molar-refractivity contribution in [1.29, 1.82) is 0 Å². The maximum Gasteiger partial charge on any atom is 0.321 e. The van der Waals surface area contributed by atoms with Crippen LogP contribution in [-0.2, 0) is 6.42 Å². The maximum absolute atomic E-state index is 13.6. The van der Waals surface area contributed by atoms with Gasteiger partial charge in [0.25, 0.3) is 5.89 Å². The molecule has 0 aliphatic heterocycles. The molecule has 1 heterocycles. The van der Waals surface area contributed by atoms with Gasteiger partial charge in [-0.2, -0.15) is 4.98 Å². The number of nitrogens with zero attached hydrogens (tertiary/aromatic N) is 3. The van der Waals surface area contributed by atoms with Crippen molar-refractivity contribution in [3.05, 3.63) is 66.0 Å². The van der Waals surface area contributed by atoms with Crippen molar-refractivity contribution in [2.75, 3.05) is 18.9 Å². The van der Waals surface area contributed by atoms with Crippen molar-refractivity contribution in [2.24, 2.45) is 0 Å². The lowest BCUT2D eigenvalue weighted by molar-refractivity contribution is 0.222. The van der Waals surface area contributed by atoms with E-state index in [2.05, 4.69) is 15.5 Å². The van der Waals surface area contributed by atoms with Crippen molar-refractivity contribution in [3.63, 3.8) is 0 Å². The minimum absolute atomic E-state index is 0.0887. The zero-order valence-electron chi connectivity index (χ0n) is 13.9. The van der Waals surface area contributed by atoms with Gasteiger partial charge >= 0.3 is 6.03 Å². The summed E-state index contributed by atoms with van der Waals surface area (Å²) < 4.78 is 31.7. The van der Waals surface area contributed by atoms with E-state index >= 15 is 0 Å². The molecule has 6 nitrogen and oxygen atoms in total. The average Bonchev–Trinajstić information content (AvgIpc) is 3.11. The highest BCUT2D eigenvalue weighted by Gasteiger charge is 2.14. The Morgan fingerprint density at radius 1 is 1.19 bits per heavy atom. The number of benzene rings is 2. The summed E-state index contributed by atoms with van der Waals surface area (Å²) >= 11 is 0. The molecule has 0 aliphatic carbocycles. The molecule has 0 bridgehead atoms. The Labute approximate surface area is 148 Å². The first-order valence-corrected chi connectivity index (χ1v) is 7.88. The van der Waals surface area contributed by atoms with E-state index < -0.39 is 17.7 Å². The van der Waals surface area contributed by atoms with E-state index in [0.717, 1.165) is 11.6 Å². The fraction of sp³-hybridized carbons (Fsp3) is 0.167. The molecule has 26 heavy (non-hydrogen) atoms. The Balaban J connectivity index is 1.56. The molecule has 1 aromatic heterocycles. The highest BCUT2D eigenvalue weighted by Crippen LogP contribution is 2.17. The molecule has 0 spiro atoms. The topological polar surface area (TPSA) is 71.3 Å². The summed E-state index contributed by atoms with van der Waals surface area (Å²) in [6.07, 6.45) is 0.367. The van der Waals surface area contributed by atoms with Crippen LogP contribution < -0.4 is 5.32 Å². The number of likely N-dealkylation sites (N-methyl/N-ethyl adjacent to an activating group) is 1. The minimum atomic E-state index is -0.836. The molecule has 1 N–H and O–H groups in total. The number of nitrogens with one attached hydrogen (secondary N) is 1. The van der Waals surface area contributed by atoms with Crippen LogP contribution in [0, 0.1) is 11.6 Å². The molecule has 0 aliphatic rings. The van der Waals surface area contributed by atoms with Crippen LogP contribution in [0.1, 0.15) is 5.82 Å². The normalized spacial score (nSPS) is 10.6. The Morgan fingerprint density at radius 2 is 1.96 bits per heavy atom. The Bertz CT molecular complexity index is 899. The summed E-state index contributed by atoms with van der Waals surface area (Å²) in [5, 5.41) is 6.27. The molecule has 3 aromatic rings. The fourth-order valence-electron chi connectivity index (χ4n) is 2.22. The molecular formula is C18H16F2N4O2. The number of rotatable bonds is 5. The van der Waals surface area contributed by atoms with Crippen molar-refractivity contribution in [3.8, 4) is 11.5 Å². The van der Waals surface area contributed by atoms with Gasteiger partial charge in [-0.1, -0.05) is 23.4 Å². The Kier molecular flexibility index (Phi) is 5.21. The van der Waals surface area contributed by atoms with Gasteiger partial charge in [-0.15, -0.1) is 0 Å². The second-order valence-electron chi connectivity index (χ2n) is 5.61. The van der Waals surface area contributed by atoms with Crippen LogP contribution in [-0.4, -0.2) is 34.7 Å². The maximum atomic E-state index is 13.6. The first-order valence-electron chi connectivity index (χ1n) is 7.88. The highest BCUT2D eigenvalue weighted by atomic mass is 19.1. The van der Waals surface area contributed by atoms with Gasteiger partial charge in [-0.25, -0.2) is 13.6 Å². The van der Waals surface area contributed by atoms with E-state index in [-0.39, 0.29) is 5.69 Å². The summed E-state index contributed by atoms with van der Waals surface area (Å²) in [5.74, 6) is -0.685. The molecule has 0 saturated heterocycles. The zero-order chi connectivity index (χ0) is 18.5. The quantitative estimate of drug-likeness (QED) is 0.755. The summed E-state index contributed by atoms with van der Waals surface area (Å²) in [5.41, 5.74) is 0.721. The second-order valence-corrected chi connectivity index (χ2v) is 5.61. The van der Waals surface area contributed by atoms with Gasteiger partial charge in [-0.3, -0.25) is 0 Å². The van der Waals surface area contributed by atoms with Crippen molar-refractivity contribution >= 4 is 11.7 Å². The van der Waals surface area contributed by atoms with Crippen LogP contribution in [0.15, 0.2) is 53.1 Å². The number of hydrogen-bond acceptors (Lipinski definition) is 4. The van der Waals surface area contributed by atoms with Gasteiger partial charge in [-0.05, 0) is 24.3 Å². The number of carbonyl (C=O) groups is 1. The Morgan fingerprint density at radius 3 is 2.69 bits per heavy atom. The van der Waals surface area contributed by atoms with Gasteiger partial charge in [0.15, 0.2) is 5.82 Å². The lowest BCUT2D eigenvalue weighted by Crippen LogP contribution is -2.33. The second kappa shape index (κ2) is 7.73.